The number of carbonyl (C=O) groups is 2. The molecule has 7 nitrogen and oxygen atoms in total. The van der Waals surface area contributed by atoms with Gasteiger partial charge in [-0.05, 0) is 24.3 Å². The van der Waals surface area contributed by atoms with Gasteiger partial charge in [-0.15, -0.1) is 0 Å². The lowest BCUT2D eigenvalue weighted by molar-refractivity contribution is -0.384. The summed E-state index contributed by atoms with van der Waals surface area (Å²) in [6.07, 6.45) is 2.11. The number of nitro benzene ring substituents is 1. The van der Waals surface area contributed by atoms with Crippen LogP contribution < -0.4 is 0 Å². The Morgan fingerprint density at radius 3 is 2.38 bits per heavy atom. The zero-order valence-corrected chi connectivity index (χ0v) is 11.4. The van der Waals surface area contributed by atoms with E-state index >= 15 is 0 Å². The highest BCUT2D eigenvalue weighted by Gasteiger charge is 2.27. The Labute approximate surface area is 121 Å². The van der Waals surface area contributed by atoms with E-state index in [4.69, 9.17) is 5.11 Å². The van der Waals surface area contributed by atoms with E-state index in [0.717, 1.165) is 12.8 Å². The smallest absolute Gasteiger partial charge is 0.323 e. The molecule has 1 amide bonds. The molecular weight excluding hydrogens is 276 g/mol. The van der Waals surface area contributed by atoms with E-state index in [9.17, 15) is 19.7 Å². The predicted molar refractivity (Wildman–Crippen MR) is 73.7 cm³/mol. The number of nitro groups is 1. The lowest BCUT2D eigenvalue weighted by atomic mass is 10.1. The molecule has 7 heteroatoms. The van der Waals surface area contributed by atoms with Crippen molar-refractivity contribution in [1.82, 2.24) is 4.90 Å². The van der Waals surface area contributed by atoms with Crippen molar-refractivity contribution in [3.8, 4) is 0 Å². The Bertz CT molecular complexity index is 551. The van der Waals surface area contributed by atoms with Crippen LogP contribution in [-0.4, -0.2) is 39.9 Å². The zero-order chi connectivity index (χ0) is 15.4. The third-order valence-corrected chi connectivity index (χ3v) is 3.36. The van der Waals surface area contributed by atoms with Gasteiger partial charge in [-0.3, -0.25) is 19.7 Å². The topological polar surface area (TPSA) is 101 Å². The van der Waals surface area contributed by atoms with Gasteiger partial charge < -0.3 is 10.0 Å². The molecule has 0 aliphatic heterocycles. The van der Waals surface area contributed by atoms with Crippen molar-refractivity contribution in [2.45, 2.75) is 19.3 Å². The Morgan fingerprint density at radius 2 is 1.90 bits per heavy atom. The zero-order valence-electron chi connectivity index (χ0n) is 11.4. The van der Waals surface area contributed by atoms with Crippen LogP contribution in [0.1, 0.15) is 18.4 Å². The van der Waals surface area contributed by atoms with E-state index in [1.165, 1.54) is 29.2 Å². The van der Waals surface area contributed by atoms with Crippen LogP contribution in [0.25, 0.3) is 0 Å². The van der Waals surface area contributed by atoms with Gasteiger partial charge >= 0.3 is 5.97 Å². The summed E-state index contributed by atoms with van der Waals surface area (Å²) in [4.78, 5) is 34.4. The maximum Gasteiger partial charge on any atom is 0.323 e. The molecule has 0 unspecified atom stereocenters. The van der Waals surface area contributed by atoms with Crippen molar-refractivity contribution in [2.75, 3.05) is 13.1 Å². The molecule has 0 spiro atoms. The molecule has 0 aromatic heterocycles. The van der Waals surface area contributed by atoms with Gasteiger partial charge in [0.1, 0.15) is 6.54 Å². The lowest BCUT2D eigenvalue weighted by Gasteiger charge is -2.20. The molecule has 112 valence electrons. The number of aliphatic carboxylic acids is 1. The van der Waals surface area contributed by atoms with Crippen molar-refractivity contribution in [2.24, 2.45) is 5.92 Å². The molecular formula is C14H16N2O5. The normalized spacial score (nSPS) is 13.7. The summed E-state index contributed by atoms with van der Waals surface area (Å²) < 4.78 is 0. The molecule has 0 bridgehead atoms. The molecule has 0 radical (unpaired) electrons. The minimum absolute atomic E-state index is 0.0356. The van der Waals surface area contributed by atoms with E-state index in [-0.39, 0.29) is 24.6 Å². The van der Waals surface area contributed by atoms with E-state index < -0.39 is 10.9 Å². The SMILES string of the molecule is O=C(O)CN(CC1CC1)C(=O)Cc1ccc([N+](=O)[O-])cc1. The molecule has 1 saturated carbocycles. The summed E-state index contributed by atoms with van der Waals surface area (Å²) in [6.45, 7) is 0.167. The largest absolute Gasteiger partial charge is 0.480 e. The quantitative estimate of drug-likeness (QED) is 0.605. The fourth-order valence-corrected chi connectivity index (χ4v) is 2.05. The number of benzene rings is 1. The van der Waals surface area contributed by atoms with Gasteiger partial charge in [0.15, 0.2) is 0 Å². The van der Waals surface area contributed by atoms with E-state index in [1.807, 2.05) is 0 Å². The van der Waals surface area contributed by atoms with Crippen molar-refractivity contribution < 1.29 is 19.6 Å². The van der Waals surface area contributed by atoms with Crippen LogP contribution in [0.5, 0.6) is 0 Å². The van der Waals surface area contributed by atoms with Gasteiger partial charge in [0.2, 0.25) is 5.91 Å². The molecule has 1 aliphatic rings. The van der Waals surface area contributed by atoms with Crippen molar-refractivity contribution in [3.63, 3.8) is 0 Å². The minimum atomic E-state index is -1.03. The number of hydrogen-bond acceptors (Lipinski definition) is 4. The fourth-order valence-electron chi connectivity index (χ4n) is 2.05. The predicted octanol–water partition coefficient (Wildman–Crippen LogP) is 1.46. The molecule has 1 N–H and O–H groups in total. The van der Waals surface area contributed by atoms with E-state index in [0.29, 0.717) is 18.0 Å². The number of rotatable bonds is 7. The summed E-state index contributed by atoms with van der Waals surface area (Å²) in [5.41, 5.74) is 0.600. The van der Waals surface area contributed by atoms with E-state index in [1.54, 1.807) is 0 Å². The Morgan fingerprint density at radius 1 is 1.29 bits per heavy atom. The Balaban J connectivity index is 1.99. The van der Waals surface area contributed by atoms with Crippen LogP contribution in [0.4, 0.5) is 5.69 Å². The van der Waals surface area contributed by atoms with Crippen LogP contribution >= 0.6 is 0 Å². The number of hydrogen-bond donors (Lipinski definition) is 1. The summed E-state index contributed by atoms with van der Waals surface area (Å²) in [7, 11) is 0. The first-order chi connectivity index (χ1) is 9.95. The average Bonchev–Trinajstić information content (AvgIpc) is 3.22. The lowest BCUT2D eigenvalue weighted by Crippen LogP contribution is -2.38. The second kappa shape index (κ2) is 6.34. The fraction of sp³-hybridized carbons (Fsp3) is 0.429. The summed E-state index contributed by atoms with van der Waals surface area (Å²) >= 11 is 0. The van der Waals surface area contributed by atoms with Gasteiger partial charge in [-0.2, -0.15) is 0 Å². The standard InChI is InChI=1S/C14H16N2O5/c17-13(15(9-14(18)19)8-11-1-2-11)7-10-3-5-12(6-4-10)16(20)21/h3-6,11H,1-2,7-9H2,(H,18,19). The number of carboxylic acids is 1. The first-order valence-corrected chi connectivity index (χ1v) is 6.68. The van der Waals surface area contributed by atoms with Gasteiger partial charge in [0.05, 0.1) is 11.3 Å². The molecule has 21 heavy (non-hydrogen) atoms. The summed E-state index contributed by atoms with van der Waals surface area (Å²) in [6, 6.07) is 5.72. The van der Waals surface area contributed by atoms with Crippen molar-refractivity contribution in [1.29, 1.82) is 0 Å². The van der Waals surface area contributed by atoms with E-state index in [2.05, 4.69) is 0 Å². The molecule has 0 heterocycles. The second-order valence-electron chi connectivity index (χ2n) is 5.21. The molecule has 1 aromatic carbocycles. The number of carbonyl (C=O) groups excluding carboxylic acids is 1. The van der Waals surface area contributed by atoms with Gasteiger partial charge in [0, 0.05) is 18.7 Å². The molecule has 2 rings (SSSR count). The monoisotopic (exact) mass is 292 g/mol. The molecule has 1 aromatic rings. The average molecular weight is 292 g/mol. The van der Waals surface area contributed by atoms with Crippen LogP contribution in [0.3, 0.4) is 0 Å². The van der Waals surface area contributed by atoms with Gasteiger partial charge in [-0.25, -0.2) is 0 Å². The Kier molecular flexibility index (Phi) is 4.52. The third kappa shape index (κ3) is 4.55. The molecule has 1 fully saturated rings. The first-order valence-electron chi connectivity index (χ1n) is 6.68. The number of non-ortho nitro benzene ring substituents is 1. The highest BCUT2D eigenvalue weighted by molar-refractivity contribution is 5.83. The van der Waals surface area contributed by atoms with Crippen LogP contribution in [0.2, 0.25) is 0 Å². The molecule has 0 saturated heterocycles. The third-order valence-electron chi connectivity index (χ3n) is 3.36. The van der Waals surface area contributed by atoms with Crippen LogP contribution in [0.15, 0.2) is 24.3 Å². The maximum absolute atomic E-state index is 12.2. The molecule has 0 atom stereocenters. The first kappa shape index (κ1) is 15.0. The van der Waals surface area contributed by atoms with Gasteiger partial charge in [0.25, 0.3) is 5.69 Å². The number of carboxylic acid groups (broad SMARTS) is 1. The summed E-state index contributed by atoms with van der Waals surface area (Å²) in [5.74, 6) is -0.893. The highest BCUT2D eigenvalue weighted by atomic mass is 16.6. The molecule has 1 aliphatic carbocycles. The maximum atomic E-state index is 12.2. The van der Waals surface area contributed by atoms with Gasteiger partial charge in [-0.1, -0.05) is 12.1 Å². The van der Waals surface area contributed by atoms with Crippen LogP contribution in [0, 0.1) is 16.0 Å². The minimum Gasteiger partial charge on any atom is -0.480 e. The van der Waals surface area contributed by atoms with Crippen molar-refractivity contribution >= 4 is 17.6 Å². The highest BCUT2D eigenvalue weighted by Crippen LogP contribution is 2.29. The second-order valence-corrected chi connectivity index (χ2v) is 5.21. The summed E-state index contributed by atoms with van der Waals surface area (Å²) in [5, 5.41) is 19.4. The van der Waals surface area contributed by atoms with Crippen molar-refractivity contribution in [3.05, 3.63) is 39.9 Å². The van der Waals surface area contributed by atoms with Crippen LogP contribution in [-0.2, 0) is 16.0 Å². The number of nitrogens with zero attached hydrogens (tertiary/aromatic N) is 2. The Hall–Kier alpha value is -2.44. The number of amides is 1.